The van der Waals surface area contributed by atoms with Crippen LogP contribution in [0, 0.1) is 17.8 Å². The molecule has 0 bridgehead atoms. The van der Waals surface area contributed by atoms with Crippen LogP contribution in [0.3, 0.4) is 0 Å². The molecule has 0 saturated heterocycles. The van der Waals surface area contributed by atoms with Crippen LogP contribution in [0.15, 0.2) is 0 Å². The molecule has 0 aromatic heterocycles. The summed E-state index contributed by atoms with van der Waals surface area (Å²) in [4.78, 5) is 0. The SMILES string of the molecule is CCCCCCCC[C@@H]1C[C@@H]1CCCCCCCC(CCCCC)CCCCCC. The van der Waals surface area contributed by atoms with E-state index in [0.29, 0.717) is 0 Å². The maximum absolute atomic E-state index is 2.34. The first-order valence-corrected chi connectivity index (χ1v) is 14.8. The Kier molecular flexibility index (Phi) is 19.5. The summed E-state index contributed by atoms with van der Waals surface area (Å²) in [5.41, 5.74) is 0. The van der Waals surface area contributed by atoms with Crippen LogP contribution < -0.4 is 0 Å². The number of unbranched alkanes of at least 4 members (excludes halogenated alkanes) is 14. The minimum atomic E-state index is 1.04. The van der Waals surface area contributed by atoms with Crippen LogP contribution in [-0.4, -0.2) is 0 Å². The first kappa shape index (κ1) is 28.0. The molecule has 1 rings (SSSR count). The van der Waals surface area contributed by atoms with Crippen molar-refractivity contribution < 1.29 is 0 Å². The van der Waals surface area contributed by atoms with Gasteiger partial charge in [0, 0.05) is 0 Å². The van der Waals surface area contributed by atoms with Crippen molar-refractivity contribution in [2.75, 3.05) is 0 Å². The Labute approximate surface area is 192 Å². The summed E-state index contributed by atoms with van der Waals surface area (Å²) in [5.74, 6) is 3.31. The second-order valence-electron chi connectivity index (χ2n) is 10.9. The van der Waals surface area contributed by atoms with Gasteiger partial charge in [0.1, 0.15) is 0 Å². The van der Waals surface area contributed by atoms with Crippen molar-refractivity contribution in [1.82, 2.24) is 0 Å². The molecule has 0 amide bonds. The molecule has 180 valence electrons. The van der Waals surface area contributed by atoms with Crippen LogP contribution in [0.2, 0.25) is 0 Å². The lowest BCUT2D eigenvalue weighted by molar-refractivity contribution is 0.368. The molecular formula is C30H60. The summed E-state index contributed by atoms with van der Waals surface area (Å²) >= 11 is 0. The van der Waals surface area contributed by atoms with Gasteiger partial charge in [0.05, 0.1) is 0 Å². The molecule has 0 N–H and O–H groups in total. The fourth-order valence-electron chi connectivity index (χ4n) is 5.55. The first-order valence-electron chi connectivity index (χ1n) is 14.8. The highest BCUT2D eigenvalue weighted by molar-refractivity contribution is 4.85. The molecule has 1 aliphatic carbocycles. The fraction of sp³-hybridized carbons (Fsp3) is 1.00. The molecule has 0 radical (unpaired) electrons. The third-order valence-electron chi connectivity index (χ3n) is 7.87. The second kappa shape index (κ2) is 20.9. The Morgan fingerprint density at radius 3 is 1.27 bits per heavy atom. The highest BCUT2D eigenvalue weighted by Gasteiger charge is 2.34. The average Bonchev–Trinajstić information content (AvgIpc) is 3.50. The molecule has 0 spiro atoms. The lowest BCUT2D eigenvalue weighted by atomic mass is 9.90. The summed E-state index contributed by atoms with van der Waals surface area (Å²) in [6, 6.07) is 0. The van der Waals surface area contributed by atoms with Gasteiger partial charge in [-0.15, -0.1) is 0 Å². The van der Waals surface area contributed by atoms with Crippen LogP contribution in [0.4, 0.5) is 0 Å². The van der Waals surface area contributed by atoms with Crippen molar-refractivity contribution >= 4 is 0 Å². The monoisotopic (exact) mass is 420 g/mol. The van der Waals surface area contributed by atoms with Gasteiger partial charge in [-0.05, 0) is 24.2 Å². The van der Waals surface area contributed by atoms with Crippen molar-refractivity contribution in [3.8, 4) is 0 Å². The number of hydrogen-bond donors (Lipinski definition) is 0. The van der Waals surface area contributed by atoms with Crippen molar-refractivity contribution in [3.63, 3.8) is 0 Å². The van der Waals surface area contributed by atoms with Crippen molar-refractivity contribution in [2.24, 2.45) is 17.8 Å². The summed E-state index contributed by atoms with van der Waals surface area (Å²) in [5, 5.41) is 0. The molecule has 0 aromatic rings. The molecule has 1 unspecified atom stereocenters. The van der Waals surface area contributed by atoms with Gasteiger partial charge in [-0.25, -0.2) is 0 Å². The molecule has 0 aliphatic heterocycles. The Bertz CT molecular complexity index is 333. The summed E-state index contributed by atoms with van der Waals surface area (Å²) in [6.45, 7) is 6.99. The largest absolute Gasteiger partial charge is 0.0654 e. The van der Waals surface area contributed by atoms with Gasteiger partial charge >= 0.3 is 0 Å². The third kappa shape index (κ3) is 16.7. The van der Waals surface area contributed by atoms with E-state index in [-0.39, 0.29) is 0 Å². The van der Waals surface area contributed by atoms with Crippen LogP contribution in [0.25, 0.3) is 0 Å². The fourth-order valence-corrected chi connectivity index (χ4v) is 5.55. The molecule has 1 saturated carbocycles. The highest BCUT2D eigenvalue weighted by Crippen LogP contribution is 2.45. The van der Waals surface area contributed by atoms with E-state index in [1.165, 1.54) is 135 Å². The van der Waals surface area contributed by atoms with E-state index < -0.39 is 0 Å². The Balaban J connectivity index is 1.91. The lowest BCUT2D eigenvalue weighted by Gasteiger charge is -2.16. The van der Waals surface area contributed by atoms with Crippen molar-refractivity contribution in [2.45, 2.75) is 175 Å². The van der Waals surface area contributed by atoms with Gasteiger partial charge in [0.25, 0.3) is 0 Å². The predicted molar refractivity (Wildman–Crippen MR) is 138 cm³/mol. The second-order valence-corrected chi connectivity index (χ2v) is 10.9. The molecule has 0 aromatic carbocycles. The quantitative estimate of drug-likeness (QED) is 0.136. The zero-order chi connectivity index (χ0) is 21.7. The first-order chi connectivity index (χ1) is 14.8. The molecule has 0 heterocycles. The van der Waals surface area contributed by atoms with Gasteiger partial charge in [0.15, 0.2) is 0 Å². The molecule has 1 aliphatic rings. The lowest BCUT2D eigenvalue weighted by Crippen LogP contribution is -2.01. The average molecular weight is 421 g/mol. The maximum atomic E-state index is 2.34. The van der Waals surface area contributed by atoms with Crippen LogP contribution in [0.1, 0.15) is 175 Å². The molecule has 30 heavy (non-hydrogen) atoms. The van der Waals surface area contributed by atoms with E-state index in [4.69, 9.17) is 0 Å². The minimum absolute atomic E-state index is 1.04. The van der Waals surface area contributed by atoms with Crippen molar-refractivity contribution in [3.05, 3.63) is 0 Å². The predicted octanol–water partition coefficient (Wildman–Crippen LogP) is 11.3. The van der Waals surface area contributed by atoms with Crippen LogP contribution in [0.5, 0.6) is 0 Å². The molecule has 0 heteroatoms. The Morgan fingerprint density at radius 1 is 0.433 bits per heavy atom. The Morgan fingerprint density at radius 2 is 0.767 bits per heavy atom. The molecule has 1 fully saturated rings. The smallest absolute Gasteiger partial charge is 0.0383 e. The van der Waals surface area contributed by atoms with Gasteiger partial charge in [0.2, 0.25) is 0 Å². The summed E-state index contributed by atoms with van der Waals surface area (Å²) < 4.78 is 0. The van der Waals surface area contributed by atoms with E-state index in [9.17, 15) is 0 Å². The van der Waals surface area contributed by atoms with E-state index in [2.05, 4.69) is 20.8 Å². The van der Waals surface area contributed by atoms with Gasteiger partial charge < -0.3 is 0 Å². The van der Waals surface area contributed by atoms with Gasteiger partial charge in [-0.3, -0.25) is 0 Å². The zero-order valence-electron chi connectivity index (χ0n) is 21.7. The summed E-state index contributed by atoms with van der Waals surface area (Å²) in [7, 11) is 0. The van der Waals surface area contributed by atoms with E-state index in [1.807, 2.05) is 0 Å². The van der Waals surface area contributed by atoms with E-state index in [0.717, 1.165) is 17.8 Å². The Hall–Kier alpha value is 0. The minimum Gasteiger partial charge on any atom is -0.0654 e. The standard InChI is InChI=1S/C30H60/c1-4-7-10-12-15-20-25-29-27-30(29)26-21-16-13-14-19-24-28(22-17-9-6-3)23-18-11-8-5-2/h28-30H,4-27H2,1-3H3/t28?,29-,30+/m1/s1. The normalized spacial score (nSPS) is 19.3. The van der Waals surface area contributed by atoms with Gasteiger partial charge in [-0.1, -0.05) is 168 Å². The highest BCUT2D eigenvalue weighted by atomic mass is 14.4. The summed E-state index contributed by atoms with van der Waals surface area (Å²) in [6.07, 6.45) is 35.7. The maximum Gasteiger partial charge on any atom is -0.0383 e. The number of rotatable bonds is 24. The third-order valence-corrected chi connectivity index (χ3v) is 7.87. The van der Waals surface area contributed by atoms with Gasteiger partial charge in [-0.2, -0.15) is 0 Å². The van der Waals surface area contributed by atoms with Crippen LogP contribution >= 0.6 is 0 Å². The molecule has 3 atom stereocenters. The zero-order valence-corrected chi connectivity index (χ0v) is 21.7. The van der Waals surface area contributed by atoms with Crippen LogP contribution in [-0.2, 0) is 0 Å². The van der Waals surface area contributed by atoms with E-state index >= 15 is 0 Å². The number of hydrogen-bond acceptors (Lipinski definition) is 0. The molecular weight excluding hydrogens is 360 g/mol. The van der Waals surface area contributed by atoms with Crippen molar-refractivity contribution in [1.29, 1.82) is 0 Å². The molecule has 0 nitrogen and oxygen atoms in total. The van der Waals surface area contributed by atoms with E-state index in [1.54, 1.807) is 19.3 Å². The topological polar surface area (TPSA) is 0 Å².